The number of carbonyl (C=O) groups is 3. The Bertz CT molecular complexity index is 736. The van der Waals surface area contributed by atoms with Crippen LogP contribution in [0.1, 0.15) is 38.8 Å². The lowest BCUT2D eigenvalue weighted by molar-refractivity contribution is -0.734. The number of quaternary nitrogens is 1. The van der Waals surface area contributed by atoms with Crippen LogP contribution in [0, 0.1) is 11.8 Å². The molecule has 2 aliphatic rings. The van der Waals surface area contributed by atoms with Gasteiger partial charge >= 0.3 is 5.97 Å². The van der Waals surface area contributed by atoms with Gasteiger partial charge in [0.1, 0.15) is 17.9 Å². The number of hydrogen-bond acceptors (Lipinski definition) is 4. The van der Waals surface area contributed by atoms with Crippen LogP contribution in [0.4, 0.5) is 0 Å². The van der Waals surface area contributed by atoms with Gasteiger partial charge in [-0.05, 0) is 26.0 Å². The number of rotatable bonds is 5. The Morgan fingerprint density at radius 1 is 1.19 bits per heavy atom. The Morgan fingerprint density at radius 3 is 2.38 bits per heavy atom. The topological polar surface area (TPSA) is 80.3 Å². The summed E-state index contributed by atoms with van der Waals surface area (Å²) in [5, 5.41) is 2.46. The Kier molecular flexibility index (Phi) is 5.08. The lowest BCUT2D eigenvalue weighted by Crippen LogP contribution is -2.98. The first-order valence-electron chi connectivity index (χ1n) is 9.05. The molecule has 0 bridgehead atoms. The monoisotopic (exact) mass is 379 g/mol. The fourth-order valence-corrected chi connectivity index (χ4v) is 4.55. The highest BCUT2D eigenvalue weighted by molar-refractivity contribution is 6.30. The molecule has 0 unspecified atom stereocenters. The number of nitrogens with zero attached hydrogens (tertiary/aromatic N) is 1. The van der Waals surface area contributed by atoms with E-state index >= 15 is 0 Å². The second kappa shape index (κ2) is 7.00. The summed E-state index contributed by atoms with van der Waals surface area (Å²) in [6, 6.07) is 6.90. The van der Waals surface area contributed by atoms with E-state index in [0.29, 0.717) is 18.0 Å². The molecular formula is C19H24ClN2O4+. The third kappa shape index (κ3) is 2.63. The van der Waals surface area contributed by atoms with Gasteiger partial charge in [-0.2, -0.15) is 0 Å². The van der Waals surface area contributed by atoms with Crippen LogP contribution in [0.25, 0.3) is 0 Å². The summed E-state index contributed by atoms with van der Waals surface area (Å²) < 4.78 is 5.31. The van der Waals surface area contributed by atoms with Gasteiger partial charge in [0.2, 0.25) is 17.4 Å². The number of hydrogen-bond donors (Lipinski definition) is 1. The molecular weight excluding hydrogens is 356 g/mol. The number of likely N-dealkylation sites (tertiary alicyclic amines) is 1. The van der Waals surface area contributed by atoms with Crippen molar-refractivity contribution in [2.45, 2.75) is 38.8 Å². The SMILES string of the molecule is CCOC(=O)[C@]1(CC)[NH2+][C@@H](c2ccc(Cl)cc2)[C@H]2C(=O)N(CC)C(=O)[C@H]21. The van der Waals surface area contributed by atoms with E-state index in [1.165, 1.54) is 4.90 Å². The number of esters is 1. The number of imide groups is 1. The van der Waals surface area contributed by atoms with E-state index in [4.69, 9.17) is 16.3 Å². The molecule has 2 saturated heterocycles. The molecule has 2 heterocycles. The van der Waals surface area contributed by atoms with Crippen LogP contribution in [-0.2, 0) is 19.1 Å². The minimum absolute atomic E-state index is 0.210. The van der Waals surface area contributed by atoms with Crippen molar-refractivity contribution in [1.29, 1.82) is 0 Å². The first kappa shape index (κ1) is 18.9. The van der Waals surface area contributed by atoms with Gasteiger partial charge in [0.25, 0.3) is 0 Å². The molecule has 2 amide bonds. The van der Waals surface area contributed by atoms with Crippen LogP contribution in [0.15, 0.2) is 24.3 Å². The third-order valence-electron chi connectivity index (χ3n) is 5.67. The number of amides is 2. The normalized spacial score (nSPS) is 30.6. The number of fused-ring (bicyclic) bond motifs is 1. The third-order valence-corrected chi connectivity index (χ3v) is 5.92. The van der Waals surface area contributed by atoms with Gasteiger partial charge in [0.15, 0.2) is 0 Å². The molecule has 26 heavy (non-hydrogen) atoms. The molecule has 1 aromatic rings. The molecule has 0 aliphatic carbocycles. The first-order chi connectivity index (χ1) is 12.4. The maximum Gasteiger partial charge on any atom is 0.368 e. The van der Waals surface area contributed by atoms with E-state index in [2.05, 4.69) is 0 Å². The summed E-state index contributed by atoms with van der Waals surface area (Å²) in [7, 11) is 0. The molecule has 4 atom stereocenters. The molecule has 140 valence electrons. The lowest BCUT2D eigenvalue weighted by atomic mass is 9.78. The molecule has 2 aliphatic heterocycles. The van der Waals surface area contributed by atoms with E-state index in [1.54, 1.807) is 26.0 Å². The second-order valence-electron chi connectivity index (χ2n) is 6.78. The summed E-state index contributed by atoms with van der Waals surface area (Å²) in [5.74, 6) is -2.19. The summed E-state index contributed by atoms with van der Waals surface area (Å²) in [6.07, 6.45) is 0.410. The number of nitrogens with two attached hydrogens (primary N) is 1. The number of halogens is 1. The zero-order valence-electron chi connectivity index (χ0n) is 15.2. The molecule has 3 rings (SSSR count). The Balaban J connectivity index is 2.11. The maximum atomic E-state index is 13.0. The largest absolute Gasteiger partial charge is 0.461 e. The van der Waals surface area contributed by atoms with Crippen LogP contribution in [0.5, 0.6) is 0 Å². The van der Waals surface area contributed by atoms with Crippen molar-refractivity contribution in [2.24, 2.45) is 11.8 Å². The molecule has 7 heteroatoms. The molecule has 0 spiro atoms. The molecule has 0 aromatic heterocycles. The van der Waals surface area contributed by atoms with Crippen molar-refractivity contribution in [3.05, 3.63) is 34.9 Å². The summed E-state index contributed by atoms with van der Waals surface area (Å²) >= 11 is 5.99. The standard InChI is InChI=1S/C19H23ClN2O4/c1-4-19(18(25)26-6-3)14-13(16(23)22(5-2)17(14)24)15(21-19)11-7-9-12(20)10-8-11/h7-10,13-15,21H,4-6H2,1-3H3/p+1/t13-,14-,15-,19+/m0/s1. The van der Waals surface area contributed by atoms with E-state index in [1.807, 2.05) is 24.4 Å². The van der Waals surface area contributed by atoms with Gasteiger partial charge in [0.05, 0.1) is 6.61 Å². The van der Waals surface area contributed by atoms with Crippen LogP contribution < -0.4 is 5.32 Å². The minimum atomic E-state index is -1.08. The smallest absolute Gasteiger partial charge is 0.368 e. The van der Waals surface area contributed by atoms with E-state index in [0.717, 1.165) is 5.56 Å². The first-order valence-corrected chi connectivity index (χ1v) is 9.43. The molecule has 1 aromatic carbocycles. The highest BCUT2D eigenvalue weighted by Gasteiger charge is 2.71. The van der Waals surface area contributed by atoms with Crippen molar-refractivity contribution < 1.29 is 24.4 Å². The predicted molar refractivity (Wildman–Crippen MR) is 95.1 cm³/mol. The predicted octanol–water partition coefficient (Wildman–Crippen LogP) is 1.29. The summed E-state index contributed by atoms with van der Waals surface area (Å²) in [4.78, 5) is 40.1. The highest BCUT2D eigenvalue weighted by atomic mass is 35.5. The average Bonchev–Trinajstić information content (AvgIpc) is 3.11. The number of carbonyl (C=O) groups excluding carboxylic acids is 3. The quantitative estimate of drug-likeness (QED) is 0.617. The van der Waals surface area contributed by atoms with E-state index in [9.17, 15) is 14.4 Å². The van der Waals surface area contributed by atoms with Gasteiger partial charge < -0.3 is 10.1 Å². The second-order valence-corrected chi connectivity index (χ2v) is 7.22. The zero-order chi connectivity index (χ0) is 19.1. The van der Waals surface area contributed by atoms with Crippen molar-refractivity contribution in [1.82, 2.24) is 4.90 Å². The highest BCUT2D eigenvalue weighted by Crippen LogP contribution is 2.45. The van der Waals surface area contributed by atoms with Gasteiger partial charge in [-0.15, -0.1) is 0 Å². The fourth-order valence-electron chi connectivity index (χ4n) is 4.42. The van der Waals surface area contributed by atoms with Crippen LogP contribution in [0.2, 0.25) is 5.02 Å². The Morgan fingerprint density at radius 2 is 1.85 bits per heavy atom. The average molecular weight is 380 g/mol. The van der Waals surface area contributed by atoms with Crippen molar-refractivity contribution in [3.8, 4) is 0 Å². The van der Waals surface area contributed by atoms with Crippen molar-refractivity contribution in [2.75, 3.05) is 13.2 Å². The van der Waals surface area contributed by atoms with Crippen molar-refractivity contribution in [3.63, 3.8) is 0 Å². The molecule has 2 N–H and O–H groups in total. The Labute approximate surface area is 157 Å². The van der Waals surface area contributed by atoms with E-state index < -0.39 is 23.3 Å². The Hall–Kier alpha value is -1.92. The van der Waals surface area contributed by atoms with Crippen LogP contribution in [-0.4, -0.2) is 41.4 Å². The summed E-state index contributed by atoms with van der Waals surface area (Å²) in [5.41, 5.74) is -0.204. The van der Waals surface area contributed by atoms with Gasteiger partial charge in [-0.3, -0.25) is 14.5 Å². The summed E-state index contributed by atoms with van der Waals surface area (Å²) in [6.45, 7) is 5.92. The molecule has 0 radical (unpaired) electrons. The number of benzene rings is 1. The van der Waals surface area contributed by atoms with E-state index in [-0.39, 0.29) is 24.5 Å². The van der Waals surface area contributed by atoms with Crippen LogP contribution in [0.3, 0.4) is 0 Å². The van der Waals surface area contributed by atoms with Crippen LogP contribution >= 0.6 is 11.6 Å². The van der Waals surface area contributed by atoms with Crippen molar-refractivity contribution >= 4 is 29.4 Å². The minimum Gasteiger partial charge on any atom is -0.461 e. The zero-order valence-corrected chi connectivity index (χ0v) is 16.0. The lowest BCUT2D eigenvalue weighted by Gasteiger charge is -2.28. The fraction of sp³-hybridized carbons (Fsp3) is 0.526. The van der Waals surface area contributed by atoms with Gasteiger partial charge in [-0.1, -0.05) is 30.7 Å². The van der Waals surface area contributed by atoms with Gasteiger partial charge in [-0.25, -0.2) is 4.79 Å². The molecule has 6 nitrogen and oxygen atoms in total. The van der Waals surface area contributed by atoms with Gasteiger partial charge in [0, 0.05) is 23.6 Å². The molecule has 0 saturated carbocycles. The maximum absolute atomic E-state index is 13.0. The molecule has 2 fully saturated rings. The number of ether oxygens (including phenoxy) is 1.